The SMILES string of the molecule is CCN(CC(=O)N(C)C)c1ncnc(NC)c1[N+](=O)[O-]. The average Bonchev–Trinajstić information content (AvgIpc) is 2.43. The third kappa shape index (κ3) is 3.31. The van der Waals surface area contributed by atoms with Crippen molar-refractivity contribution in [1.82, 2.24) is 14.9 Å². The van der Waals surface area contributed by atoms with Crippen molar-refractivity contribution >= 4 is 23.2 Å². The lowest BCUT2D eigenvalue weighted by molar-refractivity contribution is -0.383. The van der Waals surface area contributed by atoms with E-state index in [1.165, 1.54) is 11.2 Å². The van der Waals surface area contributed by atoms with E-state index in [4.69, 9.17) is 0 Å². The molecule has 0 fully saturated rings. The van der Waals surface area contributed by atoms with Gasteiger partial charge >= 0.3 is 5.69 Å². The zero-order valence-corrected chi connectivity index (χ0v) is 12.0. The van der Waals surface area contributed by atoms with Gasteiger partial charge in [0, 0.05) is 27.7 Å². The quantitative estimate of drug-likeness (QED) is 0.592. The van der Waals surface area contributed by atoms with E-state index in [0.29, 0.717) is 6.54 Å². The molecule has 0 aliphatic heterocycles. The molecular weight excluding hydrogens is 264 g/mol. The first-order chi connectivity index (χ1) is 9.42. The Hall–Kier alpha value is -2.45. The van der Waals surface area contributed by atoms with Gasteiger partial charge in [0.15, 0.2) is 0 Å². The summed E-state index contributed by atoms with van der Waals surface area (Å²) in [5, 5.41) is 13.9. The van der Waals surface area contributed by atoms with Crippen molar-refractivity contribution in [3.8, 4) is 0 Å². The molecule has 110 valence electrons. The highest BCUT2D eigenvalue weighted by atomic mass is 16.6. The third-order valence-corrected chi connectivity index (χ3v) is 2.73. The zero-order chi connectivity index (χ0) is 15.3. The van der Waals surface area contributed by atoms with E-state index in [9.17, 15) is 14.9 Å². The molecule has 20 heavy (non-hydrogen) atoms. The highest BCUT2D eigenvalue weighted by Gasteiger charge is 2.27. The van der Waals surface area contributed by atoms with E-state index >= 15 is 0 Å². The smallest absolute Gasteiger partial charge is 0.353 e. The van der Waals surface area contributed by atoms with Gasteiger partial charge in [-0.1, -0.05) is 0 Å². The molecule has 0 spiro atoms. The van der Waals surface area contributed by atoms with Gasteiger partial charge in [-0.05, 0) is 6.92 Å². The van der Waals surface area contributed by atoms with Crippen molar-refractivity contribution in [3.05, 3.63) is 16.4 Å². The normalized spacial score (nSPS) is 10.0. The van der Waals surface area contributed by atoms with Gasteiger partial charge in [0.2, 0.25) is 17.5 Å². The molecule has 1 aromatic heterocycles. The molecule has 0 saturated carbocycles. The monoisotopic (exact) mass is 282 g/mol. The Labute approximate surface area is 116 Å². The van der Waals surface area contributed by atoms with Crippen LogP contribution in [0.2, 0.25) is 0 Å². The molecule has 1 amide bonds. The number of nitrogens with one attached hydrogen (secondary N) is 1. The maximum absolute atomic E-state index is 11.8. The van der Waals surface area contributed by atoms with E-state index in [2.05, 4.69) is 15.3 Å². The van der Waals surface area contributed by atoms with Crippen LogP contribution in [-0.4, -0.2) is 59.9 Å². The summed E-state index contributed by atoms with van der Waals surface area (Å²) in [6.07, 6.45) is 1.23. The molecule has 0 saturated heterocycles. The first-order valence-electron chi connectivity index (χ1n) is 6.04. The minimum Gasteiger partial charge on any atom is -0.367 e. The van der Waals surface area contributed by atoms with Crippen molar-refractivity contribution in [1.29, 1.82) is 0 Å². The number of anilines is 2. The van der Waals surface area contributed by atoms with Crippen LogP contribution in [0.4, 0.5) is 17.3 Å². The number of likely N-dealkylation sites (N-methyl/N-ethyl adjacent to an activating group) is 2. The number of carbonyl (C=O) groups is 1. The summed E-state index contributed by atoms with van der Waals surface area (Å²) in [5.41, 5.74) is -0.233. The van der Waals surface area contributed by atoms with Crippen molar-refractivity contribution in [2.75, 3.05) is 44.4 Å². The van der Waals surface area contributed by atoms with Gasteiger partial charge in [0.05, 0.1) is 11.5 Å². The fraction of sp³-hybridized carbons (Fsp3) is 0.545. The Balaban J connectivity index is 3.21. The molecule has 0 aliphatic carbocycles. The minimum atomic E-state index is -0.552. The van der Waals surface area contributed by atoms with Gasteiger partial charge in [-0.2, -0.15) is 0 Å². The van der Waals surface area contributed by atoms with Crippen LogP contribution in [0.25, 0.3) is 0 Å². The summed E-state index contributed by atoms with van der Waals surface area (Å²) in [7, 11) is 4.80. The summed E-state index contributed by atoms with van der Waals surface area (Å²) in [5.74, 6) is 0.0913. The molecule has 0 radical (unpaired) electrons. The Morgan fingerprint density at radius 3 is 2.55 bits per heavy atom. The Morgan fingerprint density at radius 2 is 2.10 bits per heavy atom. The zero-order valence-electron chi connectivity index (χ0n) is 12.0. The second kappa shape index (κ2) is 6.64. The molecule has 1 heterocycles. The number of nitrogens with zero attached hydrogens (tertiary/aromatic N) is 5. The molecule has 0 aliphatic rings. The lowest BCUT2D eigenvalue weighted by Gasteiger charge is -2.23. The van der Waals surface area contributed by atoms with Gasteiger partial charge in [-0.25, -0.2) is 9.97 Å². The van der Waals surface area contributed by atoms with Gasteiger partial charge in [-0.15, -0.1) is 0 Å². The number of aromatic nitrogens is 2. The van der Waals surface area contributed by atoms with Gasteiger partial charge in [-0.3, -0.25) is 14.9 Å². The minimum absolute atomic E-state index is 0.0184. The molecule has 1 aromatic rings. The lowest BCUT2D eigenvalue weighted by Crippen LogP contribution is -2.37. The molecule has 1 rings (SSSR count). The second-order valence-electron chi connectivity index (χ2n) is 4.20. The number of nitro groups is 1. The molecule has 0 atom stereocenters. The van der Waals surface area contributed by atoms with Gasteiger partial charge in [0.1, 0.15) is 6.33 Å². The number of rotatable bonds is 6. The van der Waals surface area contributed by atoms with Crippen LogP contribution < -0.4 is 10.2 Å². The lowest BCUT2D eigenvalue weighted by atomic mass is 10.3. The Morgan fingerprint density at radius 1 is 1.45 bits per heavy atom. The maximum Gasteiger partial charge on any atom is 0.353 e. The molecule has 0 bridgehead atoms. The maximum atomic E-state index is 11.8. The molecule has 0 aromatic carbocycles. The Bertz CT molecular complexity index is 505. The third-order valence-electron chi connectivity index (χ3n) is 2.73. The van der Waals surface area contributed by atoms with Gasteiger partial charge in [0.25, 0.3) is 0 Å². The van der Waals surface area contributed by atoms with Crippen LogP contribution in [0, 0.1) is 10.1 Å². The fourth-order valence-corrected chi connectivity index (χ4v) is 1.59. The molecule has 0 unspecified atom stereocenters. The van der Waals surface area contributed by atoms with Crippen LogP contribution in [-0.2, 0) is 4.79 Å². The van der Waals surface area contributed by atoms with Crippen LogP contribution in [0.5, 0.6) is 0 Å². The fourth-order valence-electron chi connectivity index (χ4n) is 1.59. The molecular formula is C11H18N6O3. The highest BCUT2D eigenvalue weighted by molar-refractivity contribution is 5.82. The van der Waals surface area contributed by atoms with E-state index in [1.54, 1.807) is 33.0 Å². The van der Waals surface area contributed by atoms with Crippen molar-refractivity contribution < 1.29 is 9.72 Å². The summed E-state index contributed by atoms with van der Waals surface area (Å²) in [4.78, 5) is 33.2. The van der Waals surface area contributed by atoms with Gasteiger partial charge < -0.3 is 15.1 Å². The van der Waals surface area contributed by atoms with E-state index in [0.717, 1.165) is 0 Å². The summed E-state index contributed by atoms with van der Waals surface area (Å²) >= 11 is 0. The second-order valence-corrected chi connectivity index (χ2v) is 4.20. The Kier molecular flexibility index (Phi) is 5.18. The first kappa shape index (κ1) is 15.6. The van der Waals surface area contributed by atoms with Crippen molar-refractivity contribution in [2.45, 2.75) is 6.92 Å². The van der Waals surface area contributed by atoms with E-state index in [-0.39, 0.29) is 29.8 Å². The van der Waals surface area contributed by atoms with Crippen LogP contribution in [0.15, 0.2) is 6.33 Å². The van der Waals surface area contributed by atoms with Crippen molar-refractivity contribution in [2.24, 2.45) is 0 Å². The predicted molar refractivity (Wildman–Crippen MR) is 74.8 cm³/mol. The predicted octanol–water partition coefficient (Wildman–Crippen LogP) is 0.341. The molecule has 1 N–H and O–H groups in total. The highest BCUT2D eigenvalue weighted by Crippen LogP contribution is 2.31. The average molecular weight is 282 g/mol. The van der Waals surface area contributed by atoms with Crippen LogP contribution in [0.3, 0.4) is 0 Å². The number of amides is 1. The summed E-state index contributed by atoms with van der Waals surface area (Å²) in [6, 6.07) is 0. The summed E-state index contributed by atoms with van der Waals surface area (Å²) < 4.78 is 0. The summed E-state index contributed by atoms with van der Waals surface area (Å²) in [6.45, 7) is 2.24. The van der Waals surface area contributed by atoms with E-state index in [1.807, 2.05) is 0 Å². The van der Waals surface area contributed by atoms with Crippen molar-refractivity contribution in [3.63, 3.8) is 0 Å². The van der Waals surface area contributed by atoms with Crippen LogP contribution in [0.1, 0.15) is 6.92 Å². The number of carbonyl (C=O) groups excluding carboxylic acids is 1. The molecule has 9 nitrogen and oxygen atoms in total. The topological polar surface area (TPSA) is 104 Å². The van der Waals surface area contributed by atoms with Crippen LogP contribution >= 0.6 is 0 Å². The number of hydrogen-bond donors (Lipinski definition) is 1. The molecule has 9 heteroatoms. The standard InChI is InChI=1S/C11H18N6O3/c1-5-16(6-8(18)15(3)4)11-9(17(19)20)10(12-2)13-7-14-11/h7H,5-6H2,1-4H3,(H,12,13,14). The first-order valence-corrected chi connectivity index (χ1v) is 6.04. The number of hydrogen-bond acceptors (Lipinski definition) is 7. The largest absolute Gasteiger partial charge is 0.367 e. The van der Waals surface area contributed by atoms with E-state index < -0.39 is 4.92 Å².